The number of hydrogen-bond acceptors (Lipinski definition) is 6. The first-order valence-electron chi connectivity index (χ1n) is 7.83. The van der Waals surface area contributed by atoms with E-state index >= 15 is 0 Å². The maximum absolute atomic E-state index is 12.5. The second-order valence-corrected chi connectivity index (χ2v) is 6.87. The number of carbonyl (C=O) groups excluding carboxylic acids is 1. The van der Waals surface area contributed by atoms with E-state index < -0.39 is 0 Å². The van der Waals surface area contributed by atoms with Gasteiger partial charge in [0.1, 0.15) is 5.69 Å². The van der Waals surface area contributed by atoms with Crippen LogP contribution in [0.2, 0.25) is 0 Å². The number of carbonyl (C=O) groups is 1. The van der Waals surface area contributed by atoms with Crippen LogP contribution in [0.15, 0.2) is 22.6 Å². The summed E-state index contributed by atoms with van der Waals surface area (Å²) in [6.45, 7) is 1.57. The Kier molecular flexibility index (Phi) is 3.88. The lowest BCUT2D eigenvalue weighted by Crippen LogP contribution is -2.52. The molecule has 3 heterocycles. The van der Waals surface area contributed by atoms with Gasteiger partial charge in [-0.2, -0.15) is 0 Å². The number of ether oxygens (including phenoxy) is 1. The van der Waals surface area contributed by atoms with Gasteiger partial charge in [0.2, 0.25) is 5.91 Å². The van der Waals surface area contributed by atoms with Crippen LogP contribution in [0.1, 0.15) is 19.3 Å². The van der Waals surface area contributed by atoms with Gasteiger partial charge in [0, 0.05) is 30.1 Å². The number of morpholine rings is 1. The number of rotatable bonds is 2. The molecule has 1 amide bonds. The lowest BCUT2D eigenvalue weighted by atomic mass is 9.82. The summed E-state index contributed by atoms with van der Waals surface area (Å²) in [5, 5.41) is 7.98. The minimum Gasteiger partial charge on any atom is -0.375 e. The number of nitrogens with zero attached hydrogens (tertiary/aromatic N) is 2. The Bertz CT molecular complexity index is 786. The van der Waals surface area contributed by atoms with Gasteiger partial charge in [0.05, 0.1) is 18.9 Å². The van der Waals surface area contributed by atoms with Gasteiger partial charge < -0.3 is 15.4 Å². The molecule has 8 heteroatoms. The Morgan fingerprint density at radius 2 is 2.39 bits per heavy atom. The van der Waals surface area contributed by atoms with Gasteiger partial charge in [-0.15, -0.1) is 11.3 Å². The number of anilines is 1. The SMILES string of the molecule is O=C(Nc1cnc2sccn2c1=O)[C@H]1CC[C@H]2OCCN[C@@H]2C1. The molecule has 0 radical (unpaired) electrons. The first kappa shape index (κ1) is 14.8. The highest BCUT2D eigenvalue weighted by atomic mass is 32.1. The molecule has 2 aromatic heterocycles. The Labute approximate surface area is 136 Å². The summed E-state index contributed by atoms with van der Waals surface area (Å²) in [7, 11) is 0. The van der Waals surface area contributed by atoms with Crippen LogP contribution in [-0.4, -0.2) is 40.6 Å². The maximum Gasteiger partial charge on any atom is 0.282 e. The summed E-state index contributed by atoms with van der Waals surface area (Å²) in [4.78, 5) is 29.7. The number of hydrogen-bond donors (Lipinski definition) is 2. The largest absolute Gasteiger partial charge is 0.375 e. The molecule has 2 aliphatic rings. The van der Waals surface area contributed by atoms with Crippen molar-refractivity contribution in [2.24, 2.45) is 5.92 Å². The number of nitrogens with one attached hydrogen (secondary N) is 2. The standard InChI is InChI=1S/C15H18N4O3S/c20-13(9-1-2-12-10(7-9)16-3-5-22-12)18-11-8-17-15-19(14(11)21)4-6-23-15/h4,6,8-10,12,16H,1-3,5,7H2,(H,18,20)/t9-,10+,12+/m0/s1. The minimum absolute atomic E-state index is 0.104. The van der Waals surface area contributed by atoms with E-state index in [4.69, 9.17) is 4.74 Å². The lowest BCUT2D eigenvalue weighted by molar-refractivity contribution is -0.123. The molecule has 1 saturated carbocycles. The molecule has 0 bridgehead atoms. The molecule has 23 heavy (non-hydrogen) atoms. The van der Waals surface area contributed by atoms with Gasteiger partial charge in [0.25, 0.3) is 5.56 Å². The molecular formula is C15H18N4O3S. The molecule has 0 aromatic carbocycles. The van der Waals surface area contributed by atoms with Crippen molar-refractivity contribution in [3.05, 3.63) is 28.1 Å². The highest BCUT2D eigenvalue weighted by Crippen LogP contribution is 2.29. The van der Waals surface area contributed by atoms with E-state index in [1.54, 1.807) is 11.6 Å². The van der Waals surface area contributed by atoms with E-state index in [9.17, 15) is 9.59 Å². The molecule has 0 spiro atoms. The van der Waals surface area contributed by atoms with Gasteiger partial charge in [-0.25, -0.2) is 4.98 Å². The Morgan fingerprint density at radius 3 is 3.30 bits per heavy atom. The third-order valence-corrected chi connectivity index (χ3v) is 5.37. The van der Waals surface area contributed by atoms with E-state index in [1.807, 2.05) is 0 Å². The van der Waals surface area contributed by atoms with Gasteiger partial charge >= 0.3 is 0 Å². The van der Waals surface area contributed by atoms with Crippen molar-refractivity contribution in [3.63, 3.8) is 0 Å². The van der Waals surface area contributed by atoms with Crippen molar-refractivity contribution >= 4 is 27.9 Å². The lowest BCUT2D eigenvalue weighted by Gasteiger charge is -2.39. The predicted molar refractivity (Wildman–Crippen MR) is 86.8 cm³/mol. The topological polar surface area (TPSA) is 84.7 Å². The van der Waals surface area contributed by atoms with Crippen molar-refractivity contribution in [3.8, 4) is 0 Å². The smallest absolute Gasteiger partial charge is 0.282 e. The van der Waals surface area contributed by atoms with Crippen LogP contribution in [0.5, 0.6) is 0 Å². The van der Waals surface area contributed by atoms with Crippen LogP contribution in [0.3, 0.4) is 0 Å². The monoisotopic (exact) mass is 334 g/mol. The summed E-state index contributed by atoms with van der Waals surface area (Å²) in [6, 6.07) is 0.229. The van der Waals surface area contributed by atoms with E-state index in [1.165, 1.54) is 21.9 Å². The van der Waals surface area contributed by atoms with Gasteiger partial charge in [-0.1, -0.05) is 0 Å². The number of fused-ring (bicyclic) bond motifs is 2. The molecule has 7 nitrogen and oxygen atoms in total. The van der Waals surface area contributed by atoms with Crippen LogP contribution in [0.4, 0.5) is 5.69 Å². The van der Waals surface area contributed by atoms with Crippen molar-refractivity contribution in [1.82, 2.24) is 14.7 Å². The zero-order valence-corrected chi connectivity index (χ0v) is 13.3. The number of aromatic nitrogens is 2. The van der Waals surface area contributed by atoms with E-state index in [-0.39, 0.29) is 35.2 Å². The third-order valence-electron chi connectivity index (χ3n) is 4.60. The highest BCUT2D eigenvalue weighted by molar-refractivity contribution is 7.15. The zero-order chi connectivity index (χ0) is 15.8. The van der Waals surface area contributed by atoms with E-state index in [0.29, 0.717) is 4.96 Å². The predicted octanol–water partition coefficient (Wildman–Crippen LogP) is 0.852. The molecule has 2 aromatic rings. The summed E-state index contributed by atoms with van der Waals surface area (Å²) >= 11 is 1.39. The summed E-state index contributed by atoms with van der Waals surface area (Å²) in [5.74, 6) is -0.210. The molecule has 1 aliphatic carbocycles. The van der Waals surface area contributed by atoms with Gasteiger partial charge in [0.15, 0.2) is 4.96 Å². The molecule has 3 atom stereocenters. The van der Waals surface area contributed by atoms with Crippen LogP contribution >= 0.6 is 11.3 Å². The number of thiazole rings is 1. The molecule has 122 valence electrons. The molecule has 2 N–H and O–H groups in total. The summed E-state index contributed by atoms with van der Waals surface area (Å²) in [5.41, 5.74) is -0.00159. The quantitative estimate of drug-likeness (QED) is 0.851. The van der Waals surface area contributed by atoms with Gasteiger partial charge in [-0.05, 0) is 19.3 Å². The third kappa shape index (κ3) is 2.77. The molecule has 1 saturated heterocycles. The number of amides is 1. The summed E-state index contributed by atoms with van der Waals surface area (Å²) < 4.78 is 7.18. The van der Waals surface area contributed by atoms with Crippen LogP contribution < -0.4 is 16.2 Å². The fourth-order valence-electron chi connectivity index (χ4n) is 3.39. The average Bonchev–Trinajstić information content (AvgIpc) is 3.06. The van der Waals surface area contributed by atoms with Crippen molar-refractivity contribution < 1.29 is 9.53 Å². The maximum atomic E-state index is 12.5. The van der Waals surface area contributed by atoms with Crippen LogP contribution in [0.25, 0.3) is 4.96 Å². The first-order valence-corrected chi connectivity index (χ1v) is 8.71. The fraction of sp³-hybridized carbons (Fsp3) is 0.533. The normalized spacial score (nSPS) is 27.6. The van der Waals surface area contributed by atoms with Crippen molar-refractivity contribution in [2.45, 2.75) is 31.4 Å². The fourth-order valence-corrected chi connectivity index (χ4v) is 4.07. The molecule has 1 aliphatic heterocycles. The first-order chi connectivity index (χ1) is 11.2. The van der Waals surface area contributed by atoms with Crippen molar-refractivity contribution in [1.29, 1.82) is 0 Å². The molecule has 4 rings (SSSR count). The van der Waals surface area contributed by atoms with Crippen LogP contribution in [0, 0.1) is 5.92 Å². The van der Waals surface area contributed by atoms with Gasteiger partial charge in [-0.3, -0.25) is 14.0 Å². The molecular weight excluding hydrogens is 316 g/mol. The minimum atomic E-state index is -0.239. The molecule has 2 fully saturated rings. The Morgan fingerprint density at radius 1 is 1.48 bits per heavy atom. The van der Waals surface area contributed by atoms with E-state index in [2.05, 4.69) is 15.6 Å². The van der Waals surface area contributed by atoms with E-state index in [0.717, 1.165) is 32.4 Å². The van der Waals surface area contributed by atoms with Crippen LogP contribution in [-0.2, 0) is 9.53 Å². The average molecular weight is 334 g/mol. The highest BCUT2D eigenvalue weighted by Gasteiger charge is 2.36. The second kappa shape index (κ2) is 6.03. The Hall–Kier alpha value is -1.77. The zero-order valence-electron chi connectivity index (χ0n) is 12.5. The van der Waals surface area contributed by atoms with Crippen molar-refractivity contribution in [2.75, 3.05) is 18.5 Å². The Balaban J connectivity index is 1.48. The molecule has 0 unspecified atom stereocenters. The summed E-state index contributed by atoms with van der Waals surface area (Å²) in [6.07, 6.45) is 5.72. The second-order valence-electron chi connectivity index (χ2n) is 6.00.